The number of carbonyl (C=O) groups excluding carboxylic acids is 2. The molecule has 1 spiro atoms. The molecule has 2 aromatic rings. The number of nitrogens with zero attached hydrogens (tertiary/aromatic N) is 1. The van der Waals surface area contributed by atoms with Gasteiger partial charge in [-0.05, 0) is 143 Å². The molecule has 68 heavy (non-hydrogen) atoms. The third-order valence-electron chi connectivity index (χ3n) is 15.9. The predicted molar refractivity (Wildman–Crippen MR) is 278 cm³/mol. The fourth-order valence-electron chi connectivity index (χ4n) is 12.1. The number of phenols is 2. The first-order valence-electron chi connectivity index (χ1n) is 25.7. The average Bonchev–Trinajstić information content (AvgIpc) is 4.09. The van der Waals surface area contributed by atoms with Crippen molar-refractivity contribution < 1.29 is 39.1 Å². The minimum atomic E-state index is -0.830. The molecule has 0 aromatic heterocycles. The van der Waals surface area contributed by atoms with Crippen molar-refractivity contribution in [3.8, 4) is 23.0 Å². The van der Waals surface area contributed by atoms with Crippen LogP contribution in [0.1, 0.15) is 147 Å². The Bertz CT molecular complexity index is 2000. The number of nitrogens with one attached hydrogen (secondary N) is 3. The van der Waals surface area contributed by atoms with Gasteiger partial charge in [0.1, 0.15) is 11.9 Å². The lowest BCUT2D eigenvalue weighted by molar-refractivity contribution is -0.125. The summed E-state index contributed by atoms with van der Waals surface area (Å²) in [5.41, 5.74) is 0.853. The Morgan fingerprint density at radius 2 is 1.84 bits per heavy atom. The lowest BCUT2D eigenvalue weighted by atomic mass is 9.65. The summed E-state index contributed by atoms with van der Waals surface area (Å²) in [5, 5.41) is 44.1. The van der Waals surface area contributed by atoms with Crippen LogP contribution < -0.4 is 25.4 Å². The maximum atomic E-state index is 15.3. The Hall–Kier alpha value is -3.43. The number of fused-ring (bicyclic) bond motifs is 4. The van der Waals surface area contributed by atoms with E-state index in [9.17, 15) is 20.1 Å². The molecule has 7 atom stereocenters. The van der Waals surface area contributed by atoms with E-state index in [1.165, 1.54) is 0 Å². The zero-order valence-electron chi connectivity index (χ0n) is 41.6. The molecule has 14 heteroatoms. The number of aliphatic hydroxyl groups excluding tert-OH is 1. The lowest BCUT2D eigenvalue weighted by Gasteiger charge is -2.39. The minimum Gasteiger partial charge on any atom is -0.504 e. The summed E-state index contributed by atoms with van der Waals surface area (Å²) < 4.78 is 18.6. The van der Waals surface area contributed by atoms with Crippen LogP contribution in [0.5, 0.6) is 23.0 Å². The van der Waals surface area contributed by atoms with Crippen LogP contribution in [0.2, 0.25) is 0 Å². The number of carbonyl (C=O) groups is 2. The highest BCUT2D eigenvalue weighted by Gasteiger charge is 2.49. The third-order valence-corrected chi connectivity index (χ3v) is 18.1. The van der Waals surface area contributed by atoms with Crippen molar-refractivity contribution in [2.24, 2.45) is 34.1 Å². The van der Waals surface area contributed by atoms with Crippen molar-refractivity contribution in [2.75, 3.05) is 51.3 Å². The van der Waals surface area contributed by atoms with E-state index in [4.69, 9.17) is 14.2 Å². The van der Waals surface area contributed by atoms with Gasteiger partial charge in [0.2, 0.25) is 0 Å². The number of methoxy groups -OCH3 is 1. The second-order valence-electron chi connectivity index (χ2n) is 20.2. The lowest BCUT2D eigenvalue weighted by Crippen LogP contribution is -2.43. The molecule has 6 N–H and O–H groups in total. The van der Waals surface area contributed by atoms with E-state index in [1.54, 1.807) is 41.8 Å². The van der Waals surface area contributed by atoms with E-state index in [1.807, 2.05) is 25.3 Å². The highest BCUT2D eigenvalue weighted by atomic mass is 33.1. The maximum Gasteiger partial charge on any atom is 0.196 e. The Balaban J connectivity index is 1.42. The molecule has 0 radical (unpaired) electrons. The number of guanidine groups is 1. The molecule has 0 amide bonds. The number of likely N-dealkylation sites (N-methyl/N-ethyl adjacent to an activating group) is 1. The quantitative estimate of drug-likeness (QED) is 0.0230. The van der Waals surface area contributed by atoms with Crippen LogP contribution in [0.15, 0.2) is 47.5 Å². The van der Waals surface area contributed by atoms with Gasteiger partial charge in [0.05, 0.1) is 18.7 Å². The number of hydrogen-bond acceptors (Lipinski definition) is 12. The van der Waals surface area contributed by atoms with Gasteiger partial charge in [-0.25, -0.2) is 0 Å². The topological polar surface area (TPSA) is 171 Å². The highest BCUT2D eigenvalue weighted by molar-refractivity contribution is 8.76. The molecule has 4 aliphatic rings. The highest BCUT2D eigenvalue weighted by Crippen LogP contribution is 2.55. The minimum absolute atomic E-state index is 0.0131. The van der Waals surface area contributed by atoms with Gasteiger partial charge >= 0.3 is 0 Å². The second-order valence-corrected chi connectivity index (χ2v) is 22.7. The van der Waals surface area contributed by atoms with Crippen LogP contribution in [0.3, 0.4) is 0 Å². The van der Waals surface area contributed by atoms with E-state index >= 15 is 4.79 Å². The van der Waals surface area contributed by atoms with Gasteiger partial charge in [-0.15, -0.1) is 0 Å². The summed E-state index contributed by atoms with van der Waals surface area (Å²) in [7, 11) is 8.66. The Kier molecular flexibility index (Phi) is 20.7. The molecule has 12 nitrogen and oxygen atoms in total. The number of phenolic OH excluding ortho intramolecular Hbond substituents is 2. The van der Waals surface area contributed by atoms with Gasteiger partial charge in [0.25, 0.3) is 0 Å². The average molecular weight is 979 g/mol. The SMILES string of the molecule is CCCCCCO[C@H](O)C[C@H]1CC[C@](CNC)(Oc2cc3cc(c2O)NC(=NC)NCSSC[C@H]2CCC[C@]2(Cc2ccc(O)c(OC)c2)C(=O)/C=C\[C@H](CC[C@H](CC)CC=O)C32CCCC2)C1. The number of anilines is 1. The number of aliphatic imine (C=N–C) groups is 1. The van der Waals surface area contributed by atoms with Gasteiger partial charge in [-0.3, -0.25) is 9.79 Å². The maximum absolute atomic E-state index is 15.3. The van der Waals surface area contributed by atoms with E-state index in [0.29, 0.717) is 67.9 Å². The van der Waals surface area contributed by atoms with Crippen molar-refractivity contribution in [3.05, 3.63) is 53.6 Å². The van der Waals surface area contributed by atoms with Gasteiger partial charge in [-0.2, -0.15) is 0 Å². The predicted octanol–water partition coefficient (Wildman–Crippen LogP) is 10.9. The Morgan fingerprint density at radius 1 is 1.01 bits per heavy atom. The monoisotopic (exact) mass is 979 g/mol. The van der Waals surface area contributed by atoms with Crippen LogP contribution in [-0.2, 0) is 26.2 Å². The first kappa shape index (κ1) is 53.9. The summed E-state index contributed by atoms with van der Waals surface area (Å²) in [4.78, 5) is 31.8. The van der Waals surface area contributed by atoms with Gasteiger partial charge in [-0.1, -0.05) is 92.5 Å². The molecule has 3 saturated carbocycles. The van der Waals surface area contributed by atoms with Crippen molar-refractivity contribution in [1.29, 1.82) is 0 Å². The molecule has 0 saturated heterocycles. The fourth-order valence-corrected chi connectivity index (χ4v) is 14.3. The molecular weight excluding hydrogens is 897 g/mol. The first-order chi connectivity index (χ1) is 33.0. The number of aldehydes is 1. The van der Waals surface area contributed by atoms with Crippen molar-refractivity contribution >= 4 is 45.3 Å². The van der Waals surface area contributed by atoms with Crippen molar-refractivity contribution in [3.63, 3.8) is 0 Å². The van der Waals surface area contributed by atoms with Crippen LogP contribution in [0, 0.1) is 29.1 Å². The molecule has 1 heterocycles. The van der Waals surface area contributed by atoms with Gasteiger partial charge < -0.3 is 50.3 Å². The second kappa shape index (κ2) is 26.1. The van der Waals surface area contributed by atoms with Crippen LogP contribution in [0.4, 0.5) is 5.69 Å². The molecule has 0 unspecified atom stereocenters. The van der Waals surface area contributed by atoms with Crippen molar-refractivity contribution in [1.82, 2.24) is 10.6 Å². The molecule has 3 aliphatic carbocycles. The third kappa shape index (κ3) is 13.5. The molecule has 2 bridgehead atoms. The molecule has 3 fully saturated rings. The van der Waals surface area contributed by atoms with Crippen molar-refractivity contribution in [2.45, 2.75) is 160 Å². The van der Waals surface area contributed by atoms with E-state index in [-0.39, 0.29) is 41.0 Å². The zero-order valence-corrected chi connectivity index (χ0v) is 43.3. The van der Waals surface area contributed by atoms with Crippen LogP contribution >= 0.6 is 21.6 Å². The fraction of sp³-hybridized carbons (Fsp3) is 0.685. The Morgan fingerprint density at radius 3 is 2.57 bits per heavy atom. The number of ether oxygens (including phenoxy) is 3. The number of aliphatic hydroxyl groups is 1. The number of ketones is 1. The zero-order chi connectivity index (χ0) is 48.6. The molecule has 1 aliphatic heterocycles. The Labute approximate surface area is 414 Å². The van der Waals surface area contributed by atoms with Crippen LogP contribution in [0.25, 0.3) is 0 Å². The van der Waals surface area contributed by atoms with E-state index in [0.717, 1.165) is 126 Å². The number of benzene rings is 2. The summed E-state index contributed by atoms with van der Waals surface area (Å²) in [6, 6.07) is 9.61. The standard InChI is InChI=1S/C54H82N4O8S2/c1-6-8-9-12-28-65-49(62)30-40-21-26-52(33-40,36-55-3)66-47-32-43-31-44(50(47)63)58-51(56-4)57-37-68-67-35-42-14-13-25-54(42,34-39-16-19-45(60)46(29-39)64-5)48(61)20-18-41(53(43)23-10-11-24-53)17-15-38(7-2)22-27-59/h16,18-20,27,29,31-32,38,40-42,49,55,60,62-63H,6-15,17,21-26,28,30,33-37H2,1-5H3,(H2,56,57,58)/b20-18-/t38-,40+,41-,42+,49-,52-,54+/m0/s1. The molecule has 378 valence electrons. The molecule has 2 aromatic carbocycles. The molecular formula is C54H82N4O8S2. The summed E-state index contributed by atoms with van der Waals surface area (Å²) in [6.45, 7) is 5.45. The van der Waals surface area contributed by atoms with Crippen LogP contribution in [-0.4, -0.2) is 91.2 Å². The summed E-state index contributed by atoms with van der Waals surface area (Å²) in [5.74, 6) is 3.42. The number of rotatable bonds is 21. The summed E-state index contributed by atoms with van der Waals surface area (Å²) >= 11 is 0. The van der Waals surface area contributed by atoms with E-state index in [2.05, 4.69) is 53.0 Å². The van der Waals surface area contributed by atoms with Gasteiger partial charge in [0, 0.05) is 49.6 Å². The van der Waals surface area contributed by atoms with E-state index < -0.39 is 22.7 Å². The number of unbranched alkanes of at least 4 members (excludes halogenated alkanes) is 3. The number of aromatic hydroxyl groups is 2. The summed E-state index contributed by atoms with van der Waals surface area (Å²) in [6.07, 6.45) is 21.6. The van der Waals surface area contributed by atoms with Gasteiger partial charge in [0.15, 0.2) is 41.0 Å². The normalized spacial score (nSPS) is 27.2. The first-order valence-corrected chi connectivity index (χ1v) is 28.2. The smallest absolute Gasteiger partial charge is 0.196 e. The molecule has 6 rings (SSSR count). The number of hydrogen-bond donors (Lipinski definition) is 6. The number of allylic oxidation sites excluding steroid dienone is 2. The largest absolute Gasteiger partial charge is 0.504 e.